The molecule has 148 valence electrons. The fourth-order valence-corrected chi connectivity index (χ4v) is 3.57. The van der Waals surface area contributed by atoms with Gasteiger partial charge in [0.1, 0.15) is 0 Å². The molecule has 29 heavy (non-hydrogen) atoms. The molecule has 1 aliphatic rings. The standard InChI is InChI=1S/C20H19N5O4/c26-19-15-10-13(4-6-17(15)21-12-22-19)23-20(27)16-11-14(25(28)29)5-7-18(16)24-8-2-1-3-9-24/h4-7,10-12H,1-3,8-9H2,(H,23,27)(H,21,22,26). The fraction of sp³-hybridized carbons (Fsp3) is 0.250. The Morgan fingerprint density at radius 1 is 1.14 bits per heavy atom. The minimum atomic E-state index is -0.516. The number of carbonyl (C=O) groups excluding carboxylic acids is 1. The van der Waals surface area contributed by atoms with Gasteiger partial charge < -0.3 is 15.2 Å². The first-order chi connectivity index (χ1) is 14.0. The van der Waals surface area contributed by atoms with Crippen molar-refractivity contribution in [3.8, 4) is 0 Å². The van der Waals surface area contributed by atoms with Crippen molar-refractivity contribution in [2.75, 3.05) is 23.3 Å². The van der Waals surface area contributed by atoms with Crippen molar-refractivity contribution in [2.24, 2.45) is 0 Å². The summed E-state index contributed by atoms with van der Waals surface area (Å²) < 4.78 is 0. The minimum absolute atomic E-state index is 0.143. The van der Waals surface area contributed by atoms with Crippen molar-refractivity contribution in [1.29, 1.82) is 0 Å². The van der Waals surface area contributed by atoms with Crippen molar-refractivity contribution in [3.05, 3.63) is 68.8 Å². The minimum Gasteiger partial charge on any atom is -0.371 e. The number of aromatic amines is 1. The van der Waals surface area contributed by atoms with E-state index in [0.717, 1.165) is 32.4 Å². The number of aromatic nitrogens is 2. The molecule has 2 N–H and O–H groups in total. The van der Waals surface area contributed by atoms with Crippen LogP contribution >= 0.6 is 0 Å². The Morgan fingerprint density at radius 3 is 2.69 bits per heavy atom. The number of H-pyrrole nitrogens is 1. The van der Waals surface area contributed by atoms with Gasteiger partial charge in [0.25, 0.3) is 17.2 Å². The number of benzene rings is 2. The van der Waals surface area contributed by atoms with Gasteiger partial charge in [0, 0.05) is 30.9 Å². The molecule has 4 rings (SSSR count). The van der Waals surface area contributed by atoms with E-state index in [-0.39, 0.29) is 16.8 Å². The first-order valence-corrected chi connectivity index (χ1v) is 9.35. The van der Waals surface area contributed by atoms with Crippen LogP contribution in [-0.4, -0.2) is 33.9 Å². The molecule has 2 heterocycles. The summed E-state index contributed by atoms with van der Waals surface area (Å²) in [5, 5.41) is 14.3. The number of non-ortho nitro benzene ring substituents is 1. The second-order valence-electron chi connectivity index (χ2n) is 6.92. The largest absolute Gasteiger partial charge is 0.371 e. The molecular formula is C20H19N5O4. The number of nitrogens with one attached hydrogen (secondary N) is 2. The first-order valence-electron chi connectivity index (χ1n) is 9.35. The summed E-state index contributed by atoms with van der Waals surface area (Å²) in [4.78, 5) is 44.3. The summed E-state index contributed by atoms with van der Waals surface area (Å²) in [5.74, 6) is -0.464. The molecule has 9 nitrogen and oxygen atoms in total. The highest BCUT2D eigenvalue weighted by atomic mass is 16.6. The maximum Gasteiger partial charge on any atom is 0.270 e. The van der Waals surface area contributed by atoms with Crippen LogP contribution < -0.4 is 15.8 Å². The molecule has 0 radical (unpaired) electrons. The average molecular weight is 393 g/mol. The predicted molar refractivity (Wildman–Crippen MR) is 109 cm³/mol. The number of hydrogen-bond acceptors (Lipinski definition) is 6. The van der Waals surface area contributed by atoms with Crippen LogP contribution in [-0.2, 0) is 0 Å². The molecule has 0 atom stereocenters. The van der Waals surface area contributed by atoms with E-state index in [1.165, 1.54) is 24.5 Å². The number of hydrogen-bond donors (Lipinski definition) is 2. The quantitative estimate of drug-likeness (QED) is 0.519. The lowest BCUT2D eigenvalue weighted by Crippen LogP contribution is -2.31. The Labute approximate surface area is 165 Å². The Hall–Kier alpha value is -3.75. The topological polar surface area (TPSA) is 121 Å². The lowest BCUT2D eigenvalue weighted by Gasteiger charge is -2.30. The van der Waals surface area contributed by atoms with E-state index in [2.05, 4.69) is 20.2 Å². The molecule has 1 aliphatic heterocycles. The van der Waals surface area contributed by atoms with E-state index in [0.29, 0.717) is 22.3 Å². The zero-order valence-corrected chi connectivity index (χ0v) is 15.6. The summed E-state index contributed by atoms with van der Waals surface area (Å²) in [6.45, 7) is 1.60. The molecule has 1 saturated heterocycles. The van der Waals surface area contributed by atoms with Gasteiger partial charge in [-0.05, 0) is 43.5 Å². The lowest BCUT2D eigenvalue weighted by molar-refractivity contribution is -0.384. The van der Waals surface area contributed by atoms with Crippen molar-refractivity contribution in [1.82, 2.24) is 9.97 Å². The highest BCUT2D eigenvalue weighted by molar-refractivity contribution is 6.09. The zero-order chi connectivity index (χ0) is 20.4. The SMILES string of the molecule is O=C(Nc1ccc2nc[nH]c(=O)c2c1)c1cc([N+](=O)[O-])ccc1N1CCCCC1. The van der Waals surface area contributed by atoms with Crippen LogP contribution in [0.1, 0.15) is 29.6 Å². The molecule has 1 aromatic heterocycles. The molecule has 0 unspecified atom stereocenters. The fourth-order valence-electron chi connectivity index (χ4n) is 3.57. The average Bonchev–Trinajstić information content (AvgIpc) is 2.74. The molecule has 1 fully saturated rings. The Morgan fingerprint density at radius 2 is 1.93 bits per heavy atom. The molecule has 0 bridgehead atoms. The van der Waals surface area contributed by atoms with Gasteiger partial charge in [-0.2, -0.15) is 0 Å². The van der Waals surface area contributed by atoms with Gasteiger partial charge in [0.05, 0.1) is 33.4 Å². The van der Waals surface area contributed by atoms with Crippen molar-refractivity contribution in [2.45, 2.75) is 19.3 Å². The molecule has 1 amide bonds. The van der Waals surface area contributed by atoms with Gasteiger partial charge in [0.15, 0.2) is 0 Å². The number of fused-ring (bicyclic) bond motifs is 1. The van der Waals surface area contributed by atoms with Crippen LogP contribution in [0.5, 0.6) is 0 Å². The van der Waals surface area contributed by atoms with Gasteiger partial charge in [0.2, 0.25) is 0 Å². The van der Waals surface area contributed by atoms with E-state index < -0.39 is 10.8 Å². The second-order valence-corrected chi connectivity index (χ2v) is 6.92. The van der Waals surface area contributed by atoms with Gasteiger partial charge >= 0.3 is 0 Å². The normalized spacial score (nSPS) is 14.0. The lowest BCUT2D eigenvalue weighted by atomic mass is 10.1. The van der Waals surface area contributed by atoms with E-state index >= 15 is 0 Å². The van der Waals surface area contributed by atoms with E-state index in [4.69, 9.17) is 0 Å². The maximum atomic E-state index is 13.0. The molecule has 2 aromatic carbocycles. The summed E-state index contributed by atoms with van der Waals surface area (Å²) >= 11 is 0. The molecule has 0 aliphatic carbocycles. The Balaban J connectivity index is 1.69. The molecular weight excluding hydrogens is 374 g/mol. The molecule has 3 aromatic rings. The Bertz CT molecular complexity index is 1150. The number of carbonyl (C=O) groups is 1. The molecule has 0 spiro atoms. The van der Waals surface area contributed by atoms with Gasteiger partial charge in [-0.3, -0.25) is 19.7 Å². The number of anilines is 2. The van der Waals surface area contributed by atoms with Crippen LogP contribution in [0.4, 0.5) is 17.1 Å². The van der Waals surface area contributed by atoms with Crippen molar-refractivity contribution < 1.29 is 9.72 Å². The van der Waals surface area contributed by atoms with Crippen molar-refractivity contribution in [3.63, 3.8) is 0 Å². The highest BCUT2D eigenvalue weighted by Gasteiger charge is 2.22. The number of nitro groups is 1. The van der Waals surface area contributed by atoms with E-state index in [1.54, 1.807) is 18.2 Å². The maximum absolute atomic E-state index is 13.0. The first kappa shape index (κ1) is 18.6. The van der Waals surface area contributed by atoms with E-state index in [9.17, 15) is 19.7 Å². The third-order valence-electron chi connectivity index (χ3n) is 5.03. The van der Waals surface area contributed by atoms with Crippen LogP contribution in [0.25, 0.3) is 10.9 Å². The highest BCUT2D eigenvalue weighted by Crippen LogP contribution is 2.29. The van der Waals surface area contributed by atoms with Crippen LogP contribution in [0.15, 0.2) is 47.5 Å². The third-order valence-corrected chi connectivity index (χ3v) is 5.03. The van der Waals surface area contributed by atoms with Gasteiger partial charge in [-0.25, -0.2) is 4.98 Å². The predicted octanol–water partition coefficient (Wildman–Crippen LogP) is 3.07. The Kier molecular flexibility index (Phi) is 4.94. The van der Waals surface area contributed by atoms with E-state index in [1.807, 2.05) is 0 Å². The third kappa shape index (κ3) is 3.79. The number of piperidine rings is 1. The zero-order valence-electron chi connectivity index (χ0n) is 15.6. The number of nitro benzene ring substituents is 1. The van der Waals surface area contributed by atoms with Crippen LogP contribution in [0, 0.1) is 10.1 Å². The summed E-state index contributed by atoms with van der Waals surface area (Å²) in [6, 6.07) is 9.17. The summed E-state index contributed by atoms with van der Waals surface area (Å²) in [5.41, 5.74) is 1.38. The molecule has 9 heteroatoms. The molecule has 0 saturated carbocycles. The van der Waals surface area contributed by atoms with Crippen LogP contribution in [0.2, 0.25) is 0 Å². The summed E-state index contributed by atoms with van der Waals surface area (Å²) in [7, 11) is 0. The van der Waals surface area contributed by atoms with Crippen LogP contribution in [0.3, 0.4) is 0 Å². The number of amides is 1. The summed E-state index contributed by atoms with van der Waals surface area (Å²) in [6.07, 6.45) is 4.47. The number of rotatable bonds is 4. The smallest absolute Gasteiger partial charge is 0.270 e. The monoisotopic (exact) mass is 393 g/mol. The second kappa shape index (κ2) is 7.70. The number of nitrogens with zero attached hydrogens (tertiary/aromatic N) is 3. The van der Waals surface area contributed by atoms with Crippen molar-refractivity contribution >= 4 is 33.9 Å². The van der Waals surface area contributed by atoms with Gasteiger partial charge in [-0.1, -0.05) is 0 Å². The van der Waals surface area contributed by atoms with Gasteiger partial charge in [-0.15, -0.1) is 0 Å².